The van der Waals surface area contributed by atoms with Gasteiger partial charge in [0.25, 0.3) is 0 Å². The van der Waals surface area contributed by atoms with E-state index < -0.39 is 0 Å². The molecule has 1 aliphatic rings. The zero-order valence-corrected chi connectivity index (χ0v) is 10.8. The lowest BCUT2D eigenvalue weighted by atomic mass is 10.1. The molecule has 1 unspecified atom stereocenters. The van der Waals surface area contributed by atoms with E-state index in [2.05, 4.69) is 33.2 Å². The molecule has 80 valence electrons. The average molecular weight is 288 g/mol. The first-order chi connectivity index (χ1) is 7.15. The van der Waals surface area contributed by atoms with Gasteiger partial charge in [-0.25, -0.2) is 0 Å². The molecule has 0 fully saturated rings. The van der Waals surface area contributed by atoms with Crippen molar-refractivity contribution in [1.29, 1.82) is 0 Å². The summed E-state index contributed by atoms with van der Waals surface area (Å²) in [6.07, 6.45) is 0. The van der Waals surface area contributed by atoms with Gasteiger partial charge < -0.3 is 5.32 Å². The molecule has 0 amide bonds. The van der Waals surface area contributed by atoms with Crippen molar-refractivity contribution in [2.24, 2.45) is 4.99 Å². The number of nitrogens with one attached hydrogen (secondary N) is 1. The number of nitrogens with zero attached hydrogens (tertiary/aromatic N) is 1. The van der Waals surface area contributed by atoms with E-state index in [4.69, 9.17) is 11.6 Å². The second-order valence-electron chi connectivity index (χ2n) is 3.73. The van der Waals surface area contributed by atoms with E-state index in [1.807, 2.05) is 18.2 Å². The Hall–Kier alpha value is -0.380. The molecular weight excluding hydrogens is 275 g/mol. The molecule has 15 heavy (non-hydrogen) atoms. The van der Waals surface area contributed by atoms with Gasteiger partial charge in [-0.3, -0.25) is 4.99 Å². The van der Waals surface area contributed by atoms with Crippen LogP contribution in [-0.2, 0) is 0 Å². The molecule has 0 radical (unpaired) electrons. The Labute approximate surface area is 103 Å². The van der Waals surface area contributed by atoms with Crippen LogP contribution in [0.15, 0.2) is 27.7 Å². The van der Waals surface area contributed by atoms with Crippen LogP contribution in [0, 0.1) is 0 Å². The minimum absolute atomic E-state index is 0.469. The van der Waals surface area contributed by atoms with Crippen LogP contribution in [0.4, 0.5) is 0 Å². The molecule has 0 saturated carbocycles. The molecule has 0 aromatic heterocycles. The SMILES string of the molecule is CC1CN=C(c2cc(Cl)cc(Br)c2)CN1. The predicted molar refractivity (Wildman–Crippen MR) is 68.0 cm³/mol. The van der Waals surface area contributed by atoms with Crippen molar-refractivity contribution in [3.05, 3.63) is 33.3 Å². The van der Waals surface area contributed by atoms with Crippen molar-refractivity contribution < 1.29 is 0 Å². The molecule has 0 saturated heterocycles. The Morgan fingerprint density at radius 3 is 2.87 bits per heavy atom. The van der Waals surface area contributed by atoms with Gasteiger partial charge in [-0.05, 0) is 30.7 Å². The van der Waals surface area contributed by atoms with Gasteiger partial charge >= 0.3 is 0 Å². The maximum absolute atomic E-state index is 5.99. The van der Waals surface area contributed by atoms with Crippen molar-refractivity contribution >= 4 is 33.2 Å². The molecule has 0 bridgehead atoms. The summed E-state index contributed by atoms with van der Waals surface area (Å²) in [5.74, 6) is 0. The maximum atomic E-state index is 5.99. The van der Waals surface area contributed by atoms with Gasteiger partial charge in [-0.15, -0.1) is 0 Å². The molecule has 1 aliphatic heterocycles. The predicted octanol–water partition coefficient (Wildman–Crippen LogP) is 2.88. The summed E-state index contributed by atoms with van der Waals surface area (Å²) in [6.45, 7) is 3.78. The minimum atomic E-state index is 0.469. The summed E-state index contributed by atoms with van der Waals surface area (Å²) in [5.41, 5.74) is 2.17. The molecule has 1 aromatic carbocycles. The fourth-order valence-corrected chi connectivity index (χ4v) is 2.41. The minimum Gasteiger partial charge on any atom is -0.307 e. The largest absolute Gasteiger partial charge is 0.307 e. The summed E-state index contributed by atoms with van der Waals surface area (Å²) in [6, 6.07) is 6.34. The van der Waals surface area contributed by atoms with Crippen molar-refractivity contribution in [2.45, 2.75) is 13.0 Å². The molecule has 4 heteroatoms. The van der Waals surface area contributed by atoms with Gasteiger partial charge in [0.05, 0.1) is 12.3 Å². The zero-order valence-electron chi connectivity index (χ0n) is 8.43. The molecule has 2 nitrogen and oxygen atoms in total. The first kappa shape index (κ1) is 11.1. The Kier molecular flexibility index (Phi) is 3.44. The lowest BCUT2D eigenvalue weighted by Crippen LogP contribution is -2.38. The van der Waals surface area contributed by atoms with Crippen molar-refractivity contribution in [3.8, 4) is 0 Å². The molecule has 2 rings (SSSR count). The highest BCUT2D eigenvalue weighted by Gasteiger charge is 2.12. The second kappa shape index (κ2) is 4.64. The van der Waals surface area contributed by atoms with E-state index in [-0.39, 0.29) is 0 Å². The molecule has 1 aromatic rings. The summed E-state index contributed by atoms with van der Waals surface area (Å²) in [7, 11) is 0. The molecule has 1 heterocycles. The number of halogens is 2. The summed E-state index contributed by atoms with van der Waals surface area (Å²) in [5, 5.41) is 4.12. The first-order valence-corrected chi connectivity index (χ1v) is 6.05. The number of hydrogen-bond acceptors (Lipinski definition) is 2. The van der Waals surface area contributed by atoms with Crippen LogP contribution in [0.25, 0.3) is 0 Å². The van der Waals surface area contributed by atoms with E-state index in [9.17, 15) is 0 Å². The third-order valence-electron chi connectivity index (χ3n) is 2.37. The summed E-state index contributed by atoms with van der Waals surface area (Å²) in [4.78, 5) is 4.54. The normalized spacial score (nSPS) is 21.3. The molecule has 0 spiro atoms. The Morgan fingerprint density at radius 2 is 2.27 bits per heavy atom. The zero-order chi connectivity index (χ0) is 10.8. The molecular formula is C11H12BrClN2. The highest BCUT2D eigenvalue weighted by Crippen LogP contribution is 2.20. The van der Waals surface area contributed by atoms with Gasteiger partial charge in [-0.2, -0.15) is 0 Å². The van der Waals surface area contributed by atoms with Crippen molar-refractivity contribution in [2.75, 3.05) is 13.1 Å². The lowest BCUT2D eigenvalue weighted by molar-refractivity contribution is 0.581. The fourth-order valence-electron chi connectivity index (χ4n) is 1.55. The van der Waals surface area contributed by atoms with E-state index in [1.165, 1.54) is 0 Å². The average Bonchev–Trinajstić information content (AvgIpc) is 2.17. The van der Waals surface area contributed by atoms with Gasteiger partial charge in [-0.1, -0.05) is 27.5 Å². The maximum Gasteiger partial charge on any atom is 0.0560 e. The number of aliphatic imine (C=N–C) groups is 1. The van der Waals surface area contributed by atoms with E-state index in [0.29, 0.717) is 6.04 Å². The monoisotopic (exact) mass is 286 g/mol. The van der Waals surface area contributed by atoms with Gasteiger partial charge in [0, 0.05) is 22.1 Å². The third kappa shape index (κ3) is 2.80. The smallest absolute Gasteiger partial charge is 0.0560 e. The molecule has 1 N–H and O–H groups in total. The standard InChI is InChI=1S/C11H12BrClN2/c1-7-5-15-11(6-14-7)8-2-9(12)4-10(13)3-8/h2-4,7,14H,5-6H2,1H3. The van der Waals surface area contributed by atoms with Gasteiger partial charge in [0.2, 0.25) is 0 Å². The van der Waals surface area contributed by atoms with Crippen LogP contribution in [0.5, 0.6) is 0 Å². The van der Waals surface area contributed by atoms with Crippen LogP contribution in [0.1, 0.15) is 12.5 Å². The van der Waals surface area contributed by atoms with Crippen LogP contribution in [0.2, 0.25) is 5.02 Å². The van der Waals surface area contributed by atoms with Crippen LogP contribution >= 0.6 is 27.5 Å². The second-order valence-corrected chi connectivity index (χ2v) is 5.08. The number of hydrogen-bond donors (Lipinski definition) is 1. The van der Waals surface area contributed by atoms with Crippen molar-refractivity contribution in [3.63, 3.8) is 0 Å². The quantitative estimate of drug-likeness (QED) is 0.844. The van der Waals surface area contributed by atoms with Crippen LogP contribution < -0.4 is 5.32 Å². The third-order valence-corrected chi connectivity index (χ3v) is 3.05. The van der Waals surface area contributed by atoms with Crippen molar-refractivity contribution in [1.82, 2.24) is 5.32 Å². The highest BCUT2D eigenvalue weighted by molar-refractivity contribution is 9.10. The molecule has 1 atom stereocenters. The van der Waals surface area contributed by atoms with Gasteiger partial charge in [0.15, 0.2) is 0 Å². The Balaban J connectivity index is 2.29. The Bertz CT molecular complexity index is 383. The Morgan fingerprint density at radius 1 is 1.47 bits per heavy atom. The lowest BCUT2D eigenvalue weighted by Gasteiger charge is -2.19. The van der Waals surface area contributed by atoms with Crippen LogP contribution in [-0.4, -0.2) is 24.8 Å². The summed E-state index contributed by atoms with van der Waals surface area (Å²) >= 11 is 9.42. The van der Waals surface area contributed by atoms with E-state index in [0.717, 1.165) is 33.9 Å². The molecule has 0 aliphatic carbocycles. The van der Waals surface area contributed by atoms with E-state index >= 15 is 0 Å². The topological polar surface area (TPSA) is 24.4 Å². The summed E-state index contributed by atoms with van der Waals surface area (Å²) < 4.78 is 0.992. The number of rotatable bonds is 1. The fraction of sp³-hybridized carbons (Fsp3) is 0.364. The highest BCUT2D eigenvalue weighted by atomic mass is 79.9. The van der Waals surface area contributed by atoms with E-state index in [1.54, 1.807) is 0 Å². The first-order valence-electron chi connectivity index (χ1n) is 4.88. The van der Waals surface area contributed by atoms with Gasteiger partial charge in [0.1, 0.15) is 0 Å². The van der Waals surface area contributed by atoms with Crippen LogP contribution in [0.3, 0.4) is 0 Å². The number of benzene rings is 1.